The van der Waals surface area contributed by atoms with Crippen LogP contribution in [0.2, 0.25) is 0 Å². The van der Waals surface area contributed by atoms with E-state index in [0.717, 1.165) is 29.6 Å². The molecule has 2 rings (SSSR count). The van der Waals surface area contributed by atoms with Gasteiger partial charge < -0.3 is 20.1 Å². The smallest absolute Gasteiger partial charge is 0.191 e. The van der Waals surface area contributed by atoms with E-state index >= 15 is 0 Å². The van der Waals surface area contributed by atoms with Gasteiger partial charge in [0.05, 0.1) is 20.8 Å². The van der Waals surface area contributed by atoms with Crippen molar-refractivity contribution in [3.63, 3.8) is 0 Å². The molecule has 0 saturated carbocycles. The molecule has 0 heterocycles. The number of benzene rings is 2. The van der Waals surface area contributed by atoms with Gasteiger partial charge in [-0.1, -0.05) is 42.0 Å². The molecule has 0 amide bonds. The first-order valence-corrected chi connectivity index (χ1v) is 8.45. The summed E-state index contributed by atoms with van der Waals surface area (Å²) in [6, 6.07) is 14.2. The van der Waals surface area contributed by atoms with Crippen molar-refractivity contribution in [2.75, 3.05) is 20.8 Å². The number of hydrogen-bond donors (Lipinski definition) is 2. The fraction of sp³-hybridized carbons (Fsp3) is 0.350. The van der Waals surface area contributed by atoms with E-state index in [1.54, 1.807) is 14.2 Å². The maximum atomic E-state index is 5.48. The van der Waals surface area contributed by atoms with Crippen LogP contribution >= 0.6 is 0 Å². The standard InChI is InChI=1S/C20H27N3O2/c1-5-21-20(22-13-16-9-6-8-15(2)12-16)23-14-17-10-7-11-18(24-3)19(17)25-4/h6-12H,5,13-14H2,1-4H3,(H2,21,22,23). The number of guanidine groups is 1. The Kier molecular flexibility index (Phi) is 7.14. The summed E-state index contributed by atoms with van der Waals surface area (Å²) >= 11 is 0. The van der Waals surface area contributed by atoms with Crippen LogP contribution in [-0.4, -0.2) is 26.7 Å². The Morgan fingerprint density at radius 1 is 1.04 bits per heavy atom. The highest BCUT2D eigenvalue weighted by Gasteiger charge is 2.09. The lowest BCUT2D eigenvalue weighted by molar-refractivity contribution is 0.351. The van der Waals surface area contributed by atoms with Crippen molar-refractivity contribution in [2.45, 2.75) is 26.9 Å². The molecule has 0 fully saturated rings. The molecule has 2 aromatic carbocycles. The number of aryl methyl sites for hydroxylation is 1. The number of nitrogens with one attached hydrogen (secondary N) is 2. The molecule has 0 atom stereocenters. The summed E-state index contributed by atoms with van der Waals surface area (Å²) < 4.78 is 10.8. The Balaban J connectivity index is 2.08. The average Bonchev–Trinajstić information content (AvgIpc) is 2.63. The molecule has 2 aromatic rings. The van der Waals surface area contributed by atoms with Gasteiger partial charge in [0.1, 0.15) is 0 Å². The van der Waals surface area contributed by atoms with Gasteiger partial charge in [0.2, 0.25) is 0 Å². The predicted molar refractivity (Wildman–Crippen MR) is 102 cm³/mol. The number of methoxy groups -OCH3 is 2. The summed E-state index contributed by atoms with van der Waals surface area (Å²) in [5.74, 6) is 2.24. The van der Waals surface area contributed by atoms with Crippen molar-refractivity contribution < 1.29 is 9.47 Å². The molecule has 2 N–H and O–H groups in total. The van der Waals surface area contributed by atoms with E-state index in [2.05, 4.69) is 53.7 Å². The lowest BCUT2D eigenvalue weighted by atomic mass is 10.1. The molecule has 0 aliphatic heterocycles. The monoisotopic (exact) mass is 341 g/mol. The van der Waals surface area contributed by atoms with Gasteiger partial charge in [-0.15, -0.1) is 0 Å². The second-order valence-electron chi connectivity index (χ2n) is 5.69. The Morgan fingerprint density at radius 3 is 2.52 bits per heavy atom. The molecule has 5 heteroatoms. The van der Waals surface area contributed by atoms with Crippen molar-refractivity contribution in [1.29, 1.82) is 0 Å². The van der Waals surface area contributed by atoms with Crippen LogP contribution in [0.25, 0.3) is 0 Å². The maximum Gasteiger partial charge on any atom is 0.191 e. The van der Waals surface area contributed by atoms with E-state index < -0.39 is 0 Å². The molecule has 0 radical (unpaired) electrons. The highest BCUT2D eigenvalue weighted by atomic mass is 16.5. The third kappa shape index (κ3) is 5.41. The van der Waals surface area contributed by atoms with E-state index in [4.69, 9.17) is 9.47 Å². The molecule has 0 bridgehead atoms. The Bertz CT molecular complexity index is 714. The minimum atomic E-state index is 0.597. The SMILES string of the molecule is CCNC(=NCc1cccc(C)c1)NCc1cccc(OC)c1OC. The van der Waals surface area contributed by atoms with E-state index in [0.29, 0.717) is 13.1 Å². The van der Waals surface area contributed by atoms with Crippen molar-refractivity contribution in [3.8, 4) is 11.5 Å². The number of aliphatic imine (C=N–C) groups is 1. The molecule has 0 spiro atoms. The summed E-state index contributed by atoms with van der Waals surface area (Å²) in [4.78, 5) is 4.66. The van der Waals surface area contributed by atoms with Gasteiger partial charge in [-0.3, -0.25) is 0 Å². The van der Waals surface area contributed by atoms with E-state index in [9.17, 15) is 0 Å². The second-order valence-corrected chi connectivity index (χ2v) is 5.69. The van der Waals surface area contributed by atoms with E-state index in [1.807, 2.05) is 18.2 Å². The molecular weight excluding hydrogens is 314 g/mol. The zero-order chi connectivity index (χ0) is 18.1. The van der Waals surface area contributed by atoms with Crippen LogP contribution in [0.5, 0.6) is 11.5 Å². The predicted octanol–water partition coefficient (Wildman–Crippen LogP) is 3.27. The Hall–Kier alpha value is -2.69. The van der Waals surface area contributed by atoms with Gasteiger partial charge in [0.15, 0.2) is 17.5 Å². The number of nitrogens with zero attached hydrogens (tertiary/aromatic N) is 1. The zero-order valence-electron chi connectivity index (χ0n) is 15.4. The number of para-hydroxylation sites is 1. The largest absolute Gasteiger partial charge is 0.493 e. The first kappa shape index (κ1) is 18.6. The molecule has 25 heavy (non-hydrogen) atoms. The van der Waals surface area contributed by atoms with Crippen LogP contribution in [0.3, 0.4) is 0 Å². The number of hydrogen-bond acceptors (Lipinski definition) is 3. The first-order valence-electron chi connectivity index (χ1n) is 8.45. The molecular formula is C20H27N3O2. The third-order valence-corrected chi connectivity index (χ3v) is 3.78. The summed E-state index contributed by atoms with van der Waals surface area (Å²) in [7, 11) is 3.29. The Labute approximate surface area is 150 Å². The topological polar surface area (TPSA) is 54.9 Å². The van der Waals surface area contributed by atoms with Gasteiger partial charge in [-0.25, -0.2) is 4.99 Å². The lowest BCUT2D eigenvalue weighted by Crippen LogP contribution is -2.36. The van der Waals surface area contributed by atoms with Gasteiger partial charge in [-0.2, -0.15) is 0 Å². The molecule has 0 aliphatic carbocycles. The van der Waals surface area contributed by atoms with Crippen LogP contribution in [0, 0.1) is 6.92 Å². The summed E-state index contributed by atoms with van der Waals surface area (Å²) in [6.45, 7) is 6.17. The summed E-state index contributed by atoms with van der Waals surface area (Å²) in [5, 5.41) is 6.62. The Morgan fingerprint density at radius 2 is 1.84 bits per heavy atom. The zero-order valence-corrected chi connectivity index (χ0v) is 15.4. The highest BCUT2D eigenvalue weighted by Crippen LogP contribution is 2.30. The number of rotatable bonds is 7. The van der Waals surface area contributed by atoms with Crippen molar-refractivity contribution >= 4 is 5.96 Å². The first-order chi connectivity index (χ1) is 12.2. The fourth-order valence-electron chi connectivity index (χ4n) is 2.59. The van der Waals surface area contributed by atoms with Crippen LogP contribution in [0.15, 0.2) is 47.5 Å². The van der Waals surface area contributed by atoms with Gasteiger partial charge in [-0.05, 0) is 25.5 Å². The quantitative estimate of drug-likeness (QED) is 0.599. The molecule has 0 saturated heterocycles. The highest BCUT2D eigenvalue weighted by molar-refractivity contribution is 5.79. The van der Waals surface area contributed by atoms with E-state index in [-0.39, 0.29) is 0 Å². The van der Waals surface area contributed by atoms with Gasteiger partial charge in [0, 0.05) is 18.7 Å². The molecule has 134 valence electrons. The normalized spacial score (nSPS) is 11.1. The molecule has 0 aromatic heterocycles. The third-order valence-electron chi connectivity index (χ3n) is 3.78. The molecule has 5 nitrogen and oxygen atoms in total. The van der Waals surface area contributed by atoms with Gasteiger partial charge >= 0.3 is 0 Å². The van der Waals surface area contributed by atoms with Crippen molar-refractivity contribution in [3.05, 3.63) is 59.2 Å². The average molecular weight is 341 g/mol. The lowest BCUT2D eigenvalue weighted by Gasteiger charge is -2.15. The minimum absolute atomic E-state index is 0.597. The molecule has 0 unspecified atom stereocenters. The van der Waals surface area contributed by atoms with E-state index in [1.165, 1.54) is 11.1 Å². The fourth-order valence-corrected chi connectivity index (χ4v) is 2.59. The summed E-state index contributed by atoms with van der Waals surface area (Å²) in [5.41, 5.74) is 3.45. The van der Waals surface area contributed by atoms with Crippen LogP contribution in [-0.2, 0) is 13.1 Å². The number of ether oxygens (including phenoxy) is 2. The van der Waals surface area contributed by atoms with Crippen molar-refractivity contribution in [1.82, 2.24) is 10.6 Å². The molecule has 0 aliphatic rings. The van der Waals surface area contributed by atoms with Crippen molar-refractivity contribution in [2.24, 2.45) is 4.99 Å². The van der Waals surface area contributed by atoms with Crippen LogP contribution in [0.4, 0.5) is 0 Å². The minimum Gasteiger partial charge on any atom is -0.493 e. The second kappa shape index (κ2) is 9.57. The maximum absolute atomic E-state index is 5.48. The van der Waals surface area contributed by atoms with Crippen LogP contribution in [0.1, 0.15) is 23.6 Å². The van der Waals surface area contributed by atoms with Crippen LogP contribution < -0.4 is 20.1 Å². The summed E-state index contributed by atoms with van der Waals surface area (Å²) in [6.07, 6.45) is 0. The van der Waals surface area contributed by atoms with Gasteiger partial charge in [0.25, 0.3) is 0 Å².